The number of carbonyl (C=O) groups is 1. The Labute approximate surface area is 202 Å². The van der Waals surface area contributed by atoms with E-state index < -0.39 is 15.7 Å². The van der Waals surface area contributed by atoms with Crippen molar-refractivity contribution in [2.45, 2.75) is 6.61 Å². The van der Waals surface area contributed by atoms with E-state index in [9.17, 15) is 13.2 Å². The lowest BCUT2D eigenvalue weighted by atomic mass is 10.1. The van der Waals surface area contributed by atoms with Gasteiger partial charge in [-0.2, -0.15) is 10.0 Å². The summed E-state index contributed by atoms with van der Waals surface area (Å²) in [5.74, 6) is -0.00807. The van der Waals surface area contributed by atoms with Gasteiger partial charge in [0.2, 0.25) is 19.4 Å². The zero-order valence-corrected chi connectivity index (χ0v) is 20.6. The molecule has 2 aliphatic heterocycles. The number of fused-ring (bicyclic) bond motifs is 1. The highest BCUT2D eigenvalue weighted by Gasteiger charge is 2.38. The second-order valence-electron chi connectivity index (χ2n) is 6.97. The minimum atomic E-state index is -3.60. The van der Waals surface area contributed by atoms with E-state index in [1.807, 2.05) is 30.3 Å². The Hall–Kier alpha value is -2.96. The molecule has 1 amide bonds. The number of thioether (sulfide) groups is 1. The first kappa shape index (κ1) is 23.2. The van der Waals surface area contributed by atoms with Crippen LogP contribution in [0.2, 0.25) is 0 Å². The van der Waals surface area contributed by atoms with Gasteiger partial charge in [0, 0.05) is 6.26 Å². The van der Waals surface area contributed by atoms with Crippen LogP contribution in [0.15, 0.2) is 62.6 Å². The van der Waals surface area contributed by atoms with E-state index in [1.54, 1.807) is 12.1 Å². The molecule has 2 aliphatic rings. The first-order valence-electron chi connectivity index (χ1n) is 9.42. The van der Waals surface area contributed by atoms with Crippen LogP contribution in [0.25, 0.3) is 6.08 Å². The molecular formula is C21H17BrN4O5S2. The van der Waals surface area contributed by atoms with Crippen molar-refractivity contribution < 1.29 is 22.7 Å². The number of amides is 1. The van der Waals surface area contributed by atoms with Crippen molar-refractivity contribution in [1.82, 2.24) is 5.01 Å². The van der Waals surface area contributed by atoms with E-state index >= 15 is 0 Å². The van der Waals surface area contributed by atoms with E-state index in [4.69, 9.17) is 14.9 Å². The number of benzene rings is 2. The van der Waals surface area contributed by atoms with Gasteiger partial charge in [-0.05, 0) is 57.0 Å². The second kappa shape index (κ2) is 9.12. The van der Waals surface area contributed by atoms with Gasteiger partial charge in [0.15, 0.2) is 17.3 Å². The number of sulfone groups is 1. The molecule has 2 heterocycles. The van der Waals surface area contributed by atoms with Crippen LogP contribution in [-0.2, 0) is 21.2 Å². The lowest BCUT2D eigenvalue weighted by molar-refractivity contribution is -0.114. The molecule has 0 atom stereocenters. The third-order valence-electron chi connectivity index (χ3n) is 4.54. The zero-order chi connectivity index (χ0) is 23.8. The number of hydrogen-bond donors (Lipinski definition) is 1. The Bertz CT molecular complexity index is 1350. The monoisotopic (exact) mass is 548 g/mol. The van der Waals surface area contributed by atoms with Crippen molar-refractivity contribution in [3.05, 3.63) is 63.6 Å². The number of aliphatic imine (C=N–C) groups is 1. The number of nitrogens with one attached hydrogen (secondary N) is 1. The smallest absolute Gasteiger partial charge is 0.283 e. The van der Waals surface area contributed by atoms with Gasteiger partial charge in [-0.1, -0.05) is 30.3 Å². The maximum atomic E-state index is 12.6. The average Bonchev–Trinajstić information content (AvgIpc) is 3.21. The number of nitrogens with zero attached hydrogens (tertiary/aromatic N) is 3. The fourth-order valence-corrected chi connectivity index (χ4v) is 5.24. The maximum absolute atomic E-state index is 12.6. The van der Waals surface area contributed by atoms with E-state index in [-0.39, 0.29) is 21.0 Å². The molecule has 12 heteroatoms. The van der Waals surface area contributed by atoms with Crippen molar-refractivity contribution in [2.75, 3.05) is 13.4 Å². The highest BCUT2D eigenvalue weighted by molar-refractivity contribution is 9.10. The standard InChI is InChI=1S/C21H17BrN4O5S2/c1-30-16-10-13(9-15(22)17(16)31-11-12-6-4-3-5-7-12)8-14-18(23)26-20(24-19(14)27)32-21(25-26)33(2,28)29/h3-10,23H,11H2,1-2H3/b14-8-,23-18?. The van der Waals surface area contributed by atoms with E-state index in [0.717, 1.165) is 28.6 Å². The second-order valence-corrected chi connectivity index (χ2v) is 11.0. The Morgan fingerprint density at radius 1 is 1.24 bits per heavy atom. The highest BCUT2D eigenvalue weighted by Crippen LogP contribution is 2.38. The Morgan fingerprint density at radius 3 is 2.64 bits per heavy atom. The summed E-state index contributed by atoms with van der Waals surface area (Å²) >= 11 is 4.22. The fourth-order valence-electron chi connectivity index (χ4n) is 2.98. The number of halogens is 1. The Kier molecular flexibility index (Phi) is 6.41. The van der Waals surface area contributed by atoms with Crippen molar-refractivity contribution in [2.24, 2.45) is 10.1 Å². The maximum Gasteiger partial charge on any atom is 0.283 e. The lowest BCUT2D eigenvalue weighted by Crippen LogP contribution is -2.35. The molecule has 0 saturated heterocycles. The molecular weight excluding hydrogens is 532 g/mol. The number of carbonyl (C=O) groups excluding carboxylic acids is 1. The first-order valence-corrected chi connectivity index (χ1v) is 12.9. The normalized spacial score (nSPS) is 17.1. The van der Waals surface area contributed by atoms with Gasteiger partial charge < -0.3 is 9.47 Å². The van der Waals surface area contributed by atoms with Crippen LogP contribution in [0, 0.1) is 5.41 Å². The molecule has 0 bridgehead atoms. The first-order chi connectivity index (χ1) is 15.7. The molecule has 9 nitrogen and oxygen atoms in total. The van der Waals surface area contributed by atoms with Crippen LogP contribution in [0.3, 0.4) is 0 Å². The summed E-state index contributed by atoms with van der Waals surface area (Å²) in [4.78, 5) is 16.5. The quantitative estimate of drug-likeness (QED) is 0.565. The molecule has 4 rings (SSSR count). The molecule has 0 fully saturated rings. The van der Waals surface area contributed by atoms with Crippen LogP contribution >= 0.6 is 27.7 Å². The van der Waals surface area contributed by atoms with Gasteiger partial charge in [0.05, 0.1) is 17.2 Å². The third-order valence-corrected chi connectivity index (χ3v) is 7.71. The predicted octanol–water partition coefficient (Wildman–Crippen LogP) is 3.66. The topological polar surface area (TPSA) is 121 Å². The number of methoxy groups -OCH3 is 1. The molecule has 0 spiro atoms. The number of hydrazone groups is 1. The minimum absolute atomic E-state index is 0.0333. The molecule has 2 aromatic rings. The summed E-state index contributed by atoms with van der Waals surface area (Å²) in [6, 6.07) is 13.1. The molecule has 33 heavy (non-hydrogen) atoms. The highest BCUT2D eigenvalue weighted by atomic mass is 79.9. The van der Waals surface area contributed by atoms with E-state index in [2.05, 4.69) is 26.0 Å². The van der Waals surface area contributed by atoms with Crippen LogP contribution < -0.4 is 9.47 Å². The molecule has 0 aromatic heterocycles. The third kappa shape index (κ3) is 4.87. The van der Waals surface area contributed by atoms with Gasteiger partial charge in [0.1, 0.15) is 6.61 Å². The summed E-state index contributed by atoms with van der Waals surface area (Å²) in [6.45, 7) is 0.337. The molecule has 2 aromatic carbocycles. The lowest BCUT2D eigenvalue weighted by Gasteiger charge is -2.20. The number of ether oxygens (including phenoxy) is 2. The average molecular weight is 549 g/mol. The summed E-state index contributed by atoms with van der Waals surface area (Å²) in [5, 5.41) is 13.4. The number of rotatable bonds is 5. The summed E-state index contributed by atoms with van der Waals surface area (Å²) in [5.41, 5.74) is 1.51. The number of amidine groups is 2. The van der Waals surface area contributed by atoms with E-state index in [0.29, 0.717) is 28.1 Å². The van der Waals surface area contributed by atoms with Crippen molar-refractivity contribution >= 4 is 64.9 Å². The predicted molar refractivity (Wildman–Crippen MR) is 131 cm³/mol. The van der Waals surface area contributed by atoms with Crippen molar-refractivity contribution in [3.63, 3.8) is 0 Å². The summed E-state index contributed by atoms with van der Waals surface area (Å²) in [7, 11) is -2.10. The van der Waals surface area contributed by atoms with Gasteiger partial charge in [-0.25, -0.2) is 8.42 Å². The molecule has 0 unspecified atom stereocenters. The van der Waals surface area contributed by atoms with E-state index in [1.165, 1.54) is 13.2 Å². The van der Waals surface area contributed by atoms with Gasteiger partial charge in [-0.3, -0.25) is 10.2 Å². The molecule has 0 aliphatic carbocycles. The van der Waals surface area contributed by atoms with Crippen molar-refractivity contribution in [3.8, 4) is 11.5 Å². The Balaban J connectivity index is 1.64. The SMILES string of the molecule is COc1cc(/C=C2/C(=N)N3N=C(S(C)(=O)=O)SC3=NC2=O)cc(Br)c1OCc1ccccc1. The van der Waals surface area contributed by atoms with Crippen LogP contribution in [0.5, 0.6) is 11.5 Å². The molecule has 0 saturated carbocycles. The molecule has 0 radical (unpaired) electrons. The zero-order valence-electron chi connectivity index (χ0n) is 17.4. The number of hydrogen-bond acceptors (Lipinski definition) is 8. The van der Waals surface area contributed by atoms with Crippen molar-refractivity contribution in [1.29, 1.82) is 5.41 Å². The van der Waals surface area contributed by atoms with Gasteiger partial charge in [0.25, 0.3) is 5.91 Å². The van der Waals surface area contributed by atoms with Gasteiger partial charge in [-0.15, -0.1) is 5.10 Å². The minimum Gasteiger partial charge on any atom is -0.493 e. The summed E-state index contributed by atoms with van der Waals surface area (Å²) < 4.78 is 35.3. The fraction of sp³-hybridized carbons (Fsp3) is 0.143. The summed E-state index contributed by atoms with van der Waals surface area (Å²) in [6.07, 6.45) is 2.48. The van der Waals surface area contributed by atoms with Crippen LogP contribution in [0.4, 0.5) is 0 Å². The largest absolute Gasteiger partial charge is 0.493 e. The van der Waals surface area contributed by atoms with Crippen LogP contribution in [-0.4, -0.2) is 48.1 Å². The van der Waals surface area contributed by atoms with Gasteiger partial charge >= 0.3 is 0 Å². The molecule has 170 valence electrons. The molecule has 1 N–H and O–H groups in total. The Morgan fingerprint density at radius 2 is 1.97 bits per heavy atom. The van der Waals surface area contributed by atoms with Crippen LogP contribution in [0.1, 0.15) is 11.1 Å².